The van der Waals surface area contributed by atoms with E-state index in [0.717, 1.165) is 5.41 Å². The summed E-state index contributed by atoms with van der Waals surface area (Å²) in [5.74, 6) is 0.695. The van der Waals surface area contributed by atoms with Gasteiger partial charge in [-0.25, -0.2) is 0 Å². The Morgan fingerprint density at radius 2 is 1.75 bits per heavy atom. The van der Waals surface area contributed by atoms with Crippen LogP contribution in [0.15, 0.2) is 0 Å². The second-order valence-corrected chi connectivity index (χ2v) is 5.23. The van der Waals surface area contributed by atoms with E-state index in [0.29, 0.717) is 17.9 Å². The first kappa shape index (κ1) is 7.37. The highest BCUT2D eigenvalue weighted by Crippen LogP contribution is 2.76. The van der Waals surface area contributed by atoms with Gasteiger partial charge in [-0.15, -0.1) is 0 Å². The van der Waals surface area contributed by atoms with E-state index in [4.69, 9.17) is 0 Å². The first-order valence-corrected chi connectivity index (χ1v) is 5.44. The average Bonchev–Trinajstić information content (AvgIpc) is 2.53. The summed E-state index contributed by atoms with van der Waals surface area (Å²) in [6, 6.07) is 0. The maximum absolute atomic E-state index is 9.18. The Morgan fingerprint density at radius 3 is 2.25 bits per heavy atom. The van der Waals surface area contributed by atoms with E-state index in [1.165, 1.54) is 44.9 Å². The van der Waals surface area contributed by atoms with Gasteiger partial charge in [-0.1, -0.05) is 12.8 Å². The highest BCUT2D eigenvalue weighted by Gasteiger charge is 2.68. The second kappa shape index (κ2) is 2.06. The summed E-state index contributed by atoms with van der Waals surface area (Å²) in [5, 5.41) is 9.18. The van der Waals surface area contributed by atoms with Crippen LogP contribution < -0.4 is 0 Å². The molecular formula is C11H18O. The third kappa shape index (κ3) is 0.618. The van der Waals surface area contributed by atoms with Crippen molar-refractivity contribution in [2.75, 3.05) is 6.61 Å². The average molecular weight is 166 g/mol. The molecule has 2 spiro atoms. The SMILES string of the molecule is OCC1CC12CCCC21CCC1. The summed E-state index contributed by atoms with van der Waals surface area (Å²) in [5.41, 5.74) is 1.39. The highest BCUT2D eigenvalue weighted by molar-refractivity contribution is 5.18. The molecule has 3 rings (SSSR count). The van der Waals surface area contributed by atoms with Crippen molar-refractivity contribution < 1.29 is 5.11 Å². The summed E-state index contributed by atoms with van der Waals surface area (Å²) >= 11 is 0. The summed E-state index contributed by atoms with van der Waals surface area (Å²) in [7, 11) is 0. The molecule has 1 N–H and O–H groups in total. The van der Waals surface area contributed by atoms with Crippen molar-refractivity contribution in [1.82, 2.24) is 0 Å². The fraction of sp³-hybridized carbons (Fsp3) is 1.00. The zero-order valence-corrected chi connectivity index (χ0v) is 7.68. The molecule has 1 nitrogen and oxygen atoms in total. The molecule has 0 aromatic rings. The van der Waals surface area contributed by atoms with Crippen LogP contribution in [0.5, 0.6) is 0 Å². The third-order valence-corrected chi connectivity index (χ3v) is 5.10. The van der Waals surface area contributed by atoms with Crippen LogP contribution in [0.4, 0.5) is 0 Å². The molecule has 3 fully saturated rings. The molecule has 3 aliphatic carbocycles. The molecule has 0 bridgehead atoms. The van der Waals surface area contributed by atoms with Crippen LogP contribution in [0.3, 0.4) is 0 Å². The molecule has 3 saturated carbocycles. The fourth-order valence-corrected chi connectivity index (χ4v) is 4.18. The fourth-order valence-electron chi connectivity index (χ4n) is 4.18. The lowest BCUT2D eigenvalue weighted by Gasteiger charge is -2.45. The second-order valence-electron chi connectivity index (χ2n) is 5.23. The zero-order valence-electron chi connectivity index (χ0n) is 7.68. The molecule has 0 saturated heterocycles. The molecular weight excluding hydrogens is 148 g/mol. The van der Waals surface area contributed by atoms with Gasteiger partial charge in [0.25, 0.3) is 0 Å². The molecule has 1 heteroatoms. The molecule has 12 heavy (non-hydrogen) atoms. The van der Waals surface area contributed by atoms with Crippen molar-refractivity contribution in [2.24, 2.45) is 16.7 Å². The first-order chi connectivity index (χ1) is 5.83. The molecule has 0 radical (unpaired) electrons. The van der Waals surface area contributed by atoms with Gasteiger partial charge in [-0.3, -0.25) is 0 Å². The van der Waals surface area contributed by atoms with Gasteiger partial charge >= 0.3 is 0 Å². The van der Waals surface area contributed by atoms with E-state index in [-0.39, 0.29) is 0 Å². The maximum Gasteiger partial charge on any atom is 0.0464 e. The molecule has 0 aromatic heterocycles. The van der Waals surface area contributed by atoms with Crippen LogP contribution in [-0.4, -0.2) is 11.7 Å². The summed E-state index contributed by atoms with van der Waals surface area (Å²) in [6.07, 6.45) is 10.1. The molecule has 2 unspecified atom stereocenters. The Hall–Kier alpha value is -0.0400. The van der Waals surface area contributed by atoms with E-state index < -0.39 is 0 Å². The van der Waals surface area contributed by atoms with Gasteiger partial charge in [-0.2, -0.15) is 0 Å². The van der Waals surface area contributed by atoms with E-state index in [2.05, 4.69) is 0 Å². The quantitative estimate of drug-likeness (QED) is 0.634. The Balaban J connectivity index is 1.86. The van der Waals surface area contributed by atoms with Crippen LogP contribution >= 0.6 is 0 Å². The largest absolute Gasteiger partial charge is 0.396 e. The molecule has 0 aromatic carbocycles. The monoisotopic (exact) mass is 166 g/mol. The van der Waals surface area contributed by atoms with E-state index in [1.807, 2.05) is 0 Å². The van der Waals surface area contributed by atoms with Crippen molar-refractivity contribution in [1.29, 1.82) is 0 Å². The van der Waals surface area contributed by atoms with Gasteiger partial charge in [-0.05, 0) is 48.9 Å². The topological polar surface area (TPSA) is 20.2 Å². The minimum Gasteiger partial charge on any atom is -0.396 e. The Bertz CT molecular complexity index is 207. The van der Waals surface area contributed by atoms with Crippen LogP contribution in [0.1, 0.15) is 44.9 Å². The molecule has 0 amide bonds. The van der Waals surface area contributed by atoms with Gasteiger partial charge in [0.15, 0.2) is 0 Å². The first-order valence-electron chi connectivity index (χ1n) is 5.44. The lowest BCUT2D eigenvalue weighted by molar-refractivity contribution is 0.0430. The maximum atomic E-state index is 9.18. The predicted molar refractivity (Wildman–Crippen MR) is 47.8 cm³/mol. The lowest BCUT2D eigenvalue weighted by Crippen LogP contribution is -2.35. The van der Waals surface area contributed by atoms with Gasteiger partial charge in [0.05, 0.1) is 0 Å². The van der Waals surface area contributed by atoms with Crippen molar-refractivity contribution >= 4 is 0 Å². The minimum absolute atomic E-state index is 0.460. The smallest absolute Gasteiger partial charge is 0.0464 e. The van der Waals surface area contributed by atoms with Crippen molar-refractivity contribution in [2.45, 2.75) is 44.9 Å². The lowest BCUT2D eigenvalue weighted by atomic mass is 9.60. The Labute approximate surface area is 74.2 Å². The van der Waals surface area contributed by atoms with Crippen molar-refractivity contribution in [3.63, 3.8) is 0 Å². The molecule has 2 atom stereocenters. The van der Waals surface area contributed by atoms with Gasteiger partial charge in [0, 0.05) is 6.61 Å². The molecule has 68 valence electrons. The van der Waals surface area contributed by atoms with E-state index in [1.54, 1.807) is 0 Å². The van der Waals surface area contributed by atoms with Crippen LogP contribution in [-0.2, 0) is 0 Å². The van der Waals surface area contributed by atoms with Crippen molar-refractivity contribution in [3.05, 3.63) is 0 Å². The molecule has 3 aliphatic rings. The number of hydrogen-bond donors (Lipinski definition) is 1. The standard InChI is InChI=1S/C11H18O/c12-8-9-7-11(9)6-2-5-10(11)3-1-4-10/h9,12H,1-8H2. The van der Waals surface area contributed by atoms with Gasteiger partial charge in [0.1, 0.15) is 0 Å². The van der Waals surface area contributed by atoms with Crippen LogP contribution in [0.25, 0.3) is 0 Å². The van der Waals surface area contributed by atoms with E-state index >= 15 is 0 Å². The number of hydrogen-bond acceptors (Lipinski definition) is 1. The Kier molecular flexibility index (Phi) is 1.27. The highest BCUT2D eigenvalue weighted by atomic mass is 16.3. The van der Waals surface area contributed by atoms with Gasteiger partial charge in [0.2, 0.25) is 0 Å². The zero-order chi connectivity index (χ0) is 8.23. The summed E-state index contributed by atoms with van der Waals surface area (Å²) in [4.78, 5) is 0. The summed E-state index contributed by atoms with van der Waals surface area (Å²) < 4.78 is 0. The predicted octanol–water partition coefficient (Wildman–Crippen LogP) is 2.34. The van der Waals surface area contributed by atoms with E-state index in [9.17, 15) is 5.11 Å². The molecule has 0 aliphatic heterocycles. The number of rotatable bonds is 1. The number of aliphatic hydroxyl groups is 1. The van der Waals surface area contributed by atoms with Gasteiger partial charge < -0.3 is 5.11 Å². The Morgan fingerprint density at radius 1 is 1.08 bits per heavy atom. The normalized spacial score (nSPS) is 48.2. The van der Waals surface area contributed by atoms with Crippen LogP contribution in [0.2, 0.25) is 0 Å². The third-order valence-electron chi connectivity index (χ3n) is 5.10. The molecule has 0 heterocycles. The number of fused-ring (bicyclic) bond motifs is 1. The number of aliphatic hydroxyl groups excluding tert-OH is 1. The summed E-state index contributed by atoms with van der Waals surface area (Å²) in [6.45, 7) is 0.460. The van der Waals surface area contributed by atoms with Crippen LogP contribution in [0, 0.1) is 16.7 Å². The minimum atomic E-state index is 0.460. The van der Waals surface area contributed by atoms with Crippen molar-refractivity contribution in [3.8, 4) is 0 Å².